The number of benzene rings is 2. The van der Waals surface area contributed by atoms with E-state index in [1.54, 1.807) is 22.9 Å². The number of aromatic nitrogens is 2. The van der Waals surface area contributed by atoms with Gasteiger partial charge in [0.1, 0.15) is 5.69 Å². The Hall–Kier alpha value is -3.48. The van der Waals surface area contributed by atoms with Gasteiger partial charge in [-0.2, -0.15) is 5.10 Å². The average molecular weight is 362 g/mol. The predicted molar refractivity (Wildman–Crippen MR) is 101 cm³/mol. The normalized spacial score (nSPS) is 13.7. The van der Waals surface area contributed by atoms with Crippen molar-refractivity contribution in [3.8, 4) is 16.9 Å². The van der Waals surface area contributed by atoms with Gasteiger partial charge in [-0.15, -0.1) is 0 Å². The molecule has 136 valence electrons. The fourth-order valence-corrected chi connectivity index (χ4v) is 3.28. The Morgan fingerprint density at radius 1 is 1.00 bits per heavy atom. The van der Waals surface area contributed by atoms with Crippen LogP contribution in [0.3, 0.4) is 0 Å². The van der Waals surface area contributed by atoms with E-state index in [0.717, 1.165) is 31.5 Å². The van der Waals surface area contributed by atoms with Gasteiger partial charge in [0.05, 0.1) is 16.3 Å². The highest BCUT2D eigenvalue weighted by atomic mass is 16.6. The number of nitrogens with zero attached hydrogens (tertiary/aromatic N) is 4. The van der Waals surface area contributed by atoms with Gasteiger partial charge in [-0.05, 0) is 31.0 Å². The van der Waals surface area contributed by atoms with Gasteiger partial charge in [0.25, 0.3) is 11.6 Å². The van der Waals surface area contributed by atoms with Crippen LogP contribution in [0.15, 0.2) is 60.7 Å². The molecular formula is C20H18N4O3. The van der Waals surface area contributed by atoms with Gasteiger partial charge in [0, 0.05) is 30.8 Å². The smallest absolute Gasteiger partial charge is 0.272 e. The summed E-state index contributed by atoms with van der Waals surface area (Å²) < 4.78 is 1.58. The molecule has 7 nitrogen and oxygen atoms in total. The zero-order chi connectivity index (χ0) is 18.8. The van der Waals surface area contributed by atoms with Crippen molar-refractivity contribution in [1.82, 2.24) is 14.7 Å². The van der Waals surface area contributed by atoms with Crippen molar-refractivity contribution in [2.24, 2.45) is 0 Å². The van der Waals surface area contributed by atoms with Crippen molar-refractivity contribution >= 4 is 11.6 Å². The molecule has 1 saturated heterocycles. The van der Waals surface area contributed by atoms with Crippen LogP contribution in [-0.4, -0.2) is 38.6 Å². The minimum absolute atomic E-state index is 0.00149. The quantitative estimate of drug-likeness (QED) is 0.524. The van der Waals surface area contributed by atoms with Crippen molar-refractivity contribution in [2.45, 2.75) is 12.8 Å². The Morgan fingerprint density at radius 2 is 1.67 bits per heavy atom. The summed E-state index contributed by atoms with van der Waals surface area (Å²) in [5.41, 5.74) is 2.68. The van der Waals surface area contributed by atoms with Crippen molar-refractivity contribution in [2.75, 3.05) is 13.1 Å². The number of amides is 1. The number of non-ortho nitro benzene ring substituents is 1. The van der Waals surface area contributed by atoms with Crippen molar-refractivity contribution in [3.63, 3.8) is 0 Å². The van der Waals surface area contributed by atoms with Gasteiger partial charge in [-0.25, -0.2) is 4.68 Å². The molecule has 0 bridgehead atoms. The maximum Gasteiger partial charge on any atom is 0.272 e. The fourth-order valence-electron chi connectivity index (χ4n) is 3.28. The number of carbonyl (C=O) groups excluding carboxylic acids is 1. The topological polar surface area (TPSA) is 81.3 Å². The third-order valence-electron chi connectivity index (χ3n) is 4.70. The standard InChI is InChI=1S/C20H18N4O3/c25-20(22-12-4-5-13-22)19-14-18(15-6-2-1-3-7-15)21-23(19)16-8-10-17(11-9-16)24(26)27/h1-3,6-11,14H,4-5,12-13H2. The fraction of sp³-hybridized carbons (Fsp3) is 0.200. The molecule has 0 unspecified atom stereocenters. The first-order valence-corrected chi connectivity index (χ1v) is 8.83. The Kier molecular flexibility index (Phi) is 4.42. The van der Waals surface area contributed by atoms with Gasteiger partial charge in [0.2, 0.25) is 0 Å². The maximum absolute atomic E-state index is 13.0. The highest BCUT2D eigenvalue weighted by molar-refractivity contribution is 5.94. The molecule has 1 aliphatic rings. The summed E-state index contributed by atoms with van der Waals surface area (Å²) in [6, 6.07) is 17.5. The van der Waals surface area contributed by atoms with Gasteiger partial charge < -0.3 is 4.90 Å². The SMILES string of the molecule is O=C(c1cc(-c2ccccc2)nn1-c1ccc([N+](=O)[O-])cc1)N1CCCC1. The zero-order valence-electron chi connectivity index (χ0n) is 14.6. The molecule has 0 aliphatic carbocycles. The van der Waals surface area contributed by atoms with Crippen LogP contribution in [0.2, 0.25) is 0 Å². The number of likely N-dealkylation sites (tertiary alicyclic amines) is 1. The van der Waals surface area contributed by atoms with E-state index in [0.29, 0.717) is 17.1 Å². The van der Waals surface area contributed by atoms with Crippen molar-refractivity contribution in [1.29, 1.82) is 0 Å². The van der Waals surface area contributed by atoms with Gasteiger partial charge in [-0.3, -0.25) is 14.9 Å². The van der Waals surface area contributed by atoms with E-state index in [4.69, 9.17) is 0 Å². The molecule has 1 fully saturated rings. The lowest BCUT2D eigenvalue weighted by atomic mass is 10.1. The lowest BCUT2D eigenvalue weighted by Gasteiger charge is -2.15. The molecule has 27 heavy (non-hydrogen) atoms. The second-order valence-electron chi connectivity index (χ2n) is 6.47. The van der Waals surface area contributed by atoms with Crippen LogP contribution in [0.4, 0.5) is 5.69 Å². The minimum Gasteiger partial charge on any atom is -0.337 e. The summed E-state index contributed by atoms with van der Waals surface area (Å²) in [6.45, 7) is 1.48. The monoisotopic (exact) mass is 362 g/mol. The Morgan fingerprint density at radius 3 is 2.30 bits per heavy atom. The first-order chi connectivity index (χ1) is 13.1. The number of nitro groups is 1. The van der Waals surface area contributed by atoms with Crippen molar-refractivity contribution < 1.29 is 9.72 Å². The molecule has 3 aromatic rings. The largest absolute Gasteiger partial charge is 0.337 e. The molecule has 1 amide bonds. The highest BCUT2D eigenvalue weighted by Gasteiger charge is 2.25. The van der Waals surface area contributed by atoms with E-state index < -0.39 is 4.92 Å². The summed E-state index contributed by atoms with van der Waals surface area (Å²) in [7, 11) is 0. The van der Waals surface area contributed by atoms with Gasteiger partial charge in [-0.1, -0.05) is 30.3 Å². The number of hydrogen-bond acceptors (Lipinski definition) is 4. The highest BCUT2D eigenvalue weighted by Crippen LogP contribution is 2.24. The molecular weight excluding hydrogens is 344 g/mol. The number of hydrogen-bond donors (Lipinski definition) is 0. The molecule has 0 atom stereocenters. The summed E-state index contributed by atoms with van der Waals surface area (Å²) in [6.07, 6.45) is 2.01. The lowest BCUT2D eigenvalue weighted by molar-refractivity contribution is -0.384. The molecule has 2 aromatic carbocycles. The number of carbonyl (C=O) groups is 1. The number of nitro benzene ring substituents is 1. The molecule has 0 spiro atoms. The summed E-state index contributed by atoms with van der Waals surface area (Å²) >= 11 is 0. The van der Waals surface area contributed by atoms with Crippen LogP contribution in [0, 0.1) is 10.1 Å². The third kappa shape index (κ3) is 3.31. The average Bonchev–Trinajstić information content (AvgIpc) is 3.38. The van der Waals surface area contributed by atoms with Crippen LogP contribution < -0.4 is 0 Å². The van der Waals surface area contributed by atoms with Crippen LogP contribution in [0.1, 0.15) is 23.3 Å². The molecule has 0 saturated carbocycles. The molecule has 2 heterocycles. The molecule has 4 rings (SSSR count). The second kappa shape index (κ2) is 7.03. The first-order valence-electron chi connectivity index (χ1n) is 8.83. The Balaban J connectivity index is 1.79. The van der Waals surface area contributed by atoms with E-state index in [1.807, 2.05) is 35.2 Å². The first kappa shape index (κ1) is 17.0. The number of rotatable bonds is 4. The van der Waals surface area contributed by atoms with E-state index in [1.165, 1.54) is 12.1 Å². The van der Waals surface area contributed by atoms with Gasteiger partial charge >= 0.3 is 0 Å². The van der Waals surface area contributed by atoms with E-state index in [2.05, 4.69) is 5.10 Å². The minimum atomic E-state index is -0.446. The summed E-state index contributed by atoms with van der Waals surface area (Å²) in [5, 5.41) is 15.5. The van der Waals surface area contributed by atoms with E-state index >= 15 is 0 Å². The zero-order valence-corrected chi connectivity index (χ0v) is 14.6. The third-order valence-corrected chi connectivity index (χ3v) is 4.70. The maximum atomic E-state index is 13.0. The Bertz CT molecular complexity index is 974. The van der Waals surface area contributed by atoms with Crippen LogP contribution in [0.25, 0.3) is 16.9 Å². The van der Waals surface area contributed by atoms with Crippen molar-refractivity contribution in [3.05, 3.63) is 76.5 Å². The van der Waals surface area contributed by atoms with E-state index in [-0.39, 0.29) is 11.6 Å². The Labute approximate surface area is 156 Å². The van der Waals surface area contributed by atoms with Crippen LogP contribution in [-0.2, 0) is 0 Å². The van der Waals surface area contributed by atoms with Gasteiger partial charge in [0.15, 0.2) is 0 Å². The molecule has 1 aromatic heterocycles. The summed E-state index contributed by atoms with van der Waals surface area (Å²) in [4.78, 5) is 25.3. The lowest BCUT2D eigenvalue weighted by Crippen LogP contribution is -2.29. The van der Waals surface area contributed by atoms with E-state index in [9.17, 15) is 14.9 Å². The van der Waals surface area contributed by atoms with Crippen LogP contribution in [0.5, 0.6) is 0 Å². The second-order valence-corrected chi connectivity index (χ2v) is 6.47. The predicted octanol–water partition coefficient (Wildman–Crippen LogP) is 3.68. The molecule has 0 radical (unpaired) electrons. The van der Waals surface area contributed by atoms with Crippen LogP contribution >= 0.6 is 0 Å². The molecule has 1 aliphatic heterocycles. The summed E-state index contributed by atoms with van der Waals surface area (Å²) in [5.74, 6) is -0.0690. The molecule has 7 heteroatoms. The molecule has 0 N–H and O–H groups in total.